The van der Waals surface area contributed by atoms with Crippen LogP contribution in [-0.4, -0.2) is 5.78 Å². The summed E-state index contributed by atoms with van der Waals surface area (Å²) in [5.74, 6) is -0.387. The van der Waals surface area contributed by atoms with E-state index >= 15 is 0 Å². The predicted octanol–water partition coefficient (Wildman–Crippen LogP) is 3.87. The first-order chi connectivity index (χ1) is 9.31. The standard InChI is InChI=1S/C17H18FNO/c1-9-5-10(2)15(19)8-14(9)17(20)13-6-11(3)16(18)12(4)7-13/h5-8H,19H2,1-4H3. The maximum Gasteiger partial charge on any atom is 0.193 e. The Morgan fingerprint density at radius 3 is 2.00 bits per heavy atom. The van der Waals surface area contributed by atoms with Crippen molar-refractivity contribution in [2.45, 2.75) is 27.7 Å². The molecule has 0 fully saturated rings. The summed E-state index contributed by atoms with van der Waals surface area (Å²) in [4.78, 5) is 12.6. The molecule has 0 radical (unpaired) electrons. The minimum atomic E-state index is -0.262. The van der Waals surface area contributed by atoms with E-state index in [-0.39, 0.29) is 11.6 Å². The summed E-state index contributed by atoms with van der Waals surface area (Å²) < 4.78 is 13.6. The van der Waals surface area contributed by atoms with Gasteiger partial charge in [-0.05, 0) is 68.1 Å². The van der Waals surface area contributed by atoms with Crippen molar-refractivity contribution in [2.24, 2.45) is 0 Å². The van der Waals surface area contributed by atoms with Gasteiger partial charge in [0.25, 0.3) is 0 Å². The molecule has 0 aliphatic carbocycles. The van der Waals surface area contributed by atoms with Gasteiger partial charge in [0, 0.05) is 16.8 Å². The summed E-state index contributed by atoms with van der Waals surface area (Å²) in [6.07, 6.45) is 0. The van der Waals surface area contributed by atoms with E-state index in [0.29, 0.717) is 27.9 Å². The van der Waals surface area contributed by atoms with Crippen molar-refractivity contribution >= 4 is 11.5 Å². The van der Waals surface area contributed by atoms with Crippen molar-refractivity contribution in [1.82, 2.24) is 0 Å². The Labute approximate surface area is 118 Å². The maximum absolute atomic E-state index is 13.6. The Kier molecular flexibility index (Phi) is 3.62. The van der Waals surface area contributed by atoms with Gasteiger partial charge >= 0.3 is 0 Å². The quantitative estimate of drug-likeness (QED) is 0.665. The summed E-state index contributed by atoms with van der Waals surface area (Å²) in [7, 11) is 0. The molecule has 0 aliphatic rings. The van der Waals surface area contributed by atoms with Gasteiger partial charge in [0.15, 0.2) is 5.78 Å². The molecule has 0 unspecified atom stereocenters. The van der Waals surface area contributed by atoms with Gasteiger partial charge in [-0.3, -0.25) is 4.79 Å². The van der Waals surface area contributed by atoms with Crippen LogP contribution in [0, 0.1) is 33.5 Å². The number of aryl methyl sites for hydroxylation is 4. The number of hydrogen-bond acceptors (Lipinski definition) is 2. The summed E-state index contributed by atoms with van der Waals surface area (Å²) in [5.41, 5.74) is 10.3. The van der Waals surface area contributed by atoms with E-state index in [0.717, 1.165) is 11.1 Å². The number of halogens is 1. The molecule has 0 spiro atoms. The first-order valence-corrected chi connectivity index (χ1v) is 6.49. The molecule has 0 aromatic heterocycles. The molecule has 0 saturated carbocycles. The molecular formula is C17H18FNO. The van der Waals surface area contributed by atoms with E-state index in [1.165, 1.54) is 0 Å². The third-order valence-corrected chi connectivity index (χ3v) is 3.56. The van der Waals surface area contributed by atoms with Gasteiger partial charge in [-0.1, -0.05) is 6.07 Å². The van der Waals surface area contributed by atoms with Crippen LogP contribution in [0.3, 0.4) is 0 Å². The lowest BCUT2D eigenvalue weighted by atomic mass is 9.94. The van der Waals surface area contributed by atoms with E-state index in [9.17, 15) is 9.18 Å². The van der Waals surface area contributed by atoms with Gasteiger partial charge in [-0.15, -0.1) is 0 Å². The van der Waals surface area contributed by atoms with Crippen LogP contribution in [0.1, 0.15) is 38.2 Å². The minimum absolute atomic E-state index is 0.125. The molecule has 0 amide bonds. The second-order valence-corrected chi connectivity index (χ2v) is 5.28. The fourth-order valence-electron chi connectivity index (χ4n) is 2.35. The molecule has 20 heavy (non-hydrogen) atoms. The Morgan fingerprint density at radius 2 is 1.45 bits per heavy atom. The number of benzene rings is 2. The van der Waals surface area contributed by atoms with E-state index in [4.69, 9.17) is 5.73 Å². The van der Waals surface area contributed by atoms with Crippen LogP contribution in [0.15, 0.2) is 24.3 Å². The lowest BCUT2D eigenvalue weighted by Gasteiger charge is -2.10. The first kappa shape index (κ1) is 14.3. The van der Waals surface area contributed by atoms with Gasteiger partial charge in [0.2, 0.25) is 0 Å². The topological polar surface area (TPSA) is 43.1 Å². The SMILES string of the molecule is Cc1cc(C)c(C(=O)c2cc(C)c(F)c(C)c2)cc1N. The lowest BCUT2D eigenvalue weighted by Crippen LogP contribution is -2.07. The number of nitrogens with two attached hydrogens (primary N) is 1. The Morgan fingerprint density at radius 1 is 0.900 bits per heavy atom. The molecule has 104 valence electrons. The fourth-order valence-corrected chi connectivity index (χ4v) is 2.35. The highest BCUT2D eigenvalue weighted by molar-refractivity contribution is 6.10. The second-order valence-electron chi connectivity index (χ2n) is 5.28. The molecule has 2 aromatic rings. The van der Waals surface area contributed by atoms with Crippen molar-refractivity contribution in [3.05, 3.63) is 63.5 Å². The zero-order valence-corrected chi connectivity index (χ0v) is 12.2. The van der Waals surface area contributed by atoms with Crippen molar-refractivity contribution in [1.29, 1.82) is 0 Å². The molecule has 0 atom stereocenters. The maximum atomic E-state index is 13.6. The largest absolute Gasteiger partial charge is 0.398 e. The number of anilines is 1. The van der Waals surface area contributed by atoms with E-state index in [1.807, 2.05) is 19.9 Å². The second kappa shape index (κ2) is 5.08. The minimum Gasteiger partial charge on any atom is -0.398 e. The van der Waals surface area contributed by atoms with Crippen LogP contribution in [-0.2, 0) is 0 Å². The molecule has 2 aromatic carbocycles. The zero-order chi connectivity index (χ0) is 15.0. The zero-order valence-electron chi connectivity index (χ0n) is 12.2. The van der Waals surface area contributed by atoms with Gasteiger partial charge in [0.1, 0.15) is 5.82 Å². The van der Waals surface area contributed by atoms with E-state index < -0.39 is 0 Å². The summed E-state index contributed by atoms with van der Waals surface area (Å²) >= 11 is 0. The molecule has 0 aliphatic heterocycles. The molecular weight excluding hydrogens is 253 g/mol. The third kappa shape index (κ3) is 2.44. The lowest BCUT2D eigenvalue weighted by molar-refractivity contribution is 0.103. The average molecular weight is 271 g/mol. The summed E-state index contributed by atoms with van der Waals surface area (Å²) in [6.45, 7) is 7.11. The van der Waals surface area contributed by atoms with Crippen LogP contribution in [0.2, 0.25) is 0 Å². The van der Waals surface area contributed by atoms with Crippen molar-refractivity contribution in [3.63, 3.8) is 0 Å². The van der Waals surface area contributed by atoms with E-state index in [1.54, 1.807) is 32.0 Å². The highest BCUT2D eigenvalue weighted by Crippen LogP contribution is 2.23. The monoisotopic (exact) mass is 271 g/mol. The Bertz CT molecular complexity index is 681. The first-order valence-electron chi connectivity index (χ1n) is 6.49. The molecule has 0 saturated heterocycles. The number of nitrogen functional groups attached to an aromatic ring is 1. The molecule has 2 N–H and O–H groups in total. The third-order valence-electron chi connectivity index (χ3n) is 3.56. The van der Waals surface area contributed by atoms with E-state index in [2.05, 4.69) is 0 Å². The van der Waals surface area contributed by atoms with Crippen LogP contribution in [0.5, 0.6) is 0 Å². The number of carbonyl (C=O) groups is 1. The van der Waals surface area contributed by atoms with Crippen molar-refractivity contribution < 1.29 is 9.18 Å². The van der Waals surface area contributed by atoms with Gasteiger partial charge < -0.3 is 5.73 Å². The van der Waals surface area contributed by atoms with Crippen LogP contribution in [0.4, 0.5) is 10.1 Å². The Hall–Kier alpha value is -2.16. The molecule has 0 bridgehead atoms. The molecule has 2 nitrogen and oxygen atoms in total. The van der Waals surface area contributed by atoms with Gasteiger partial charge in [-0.25, -0.2) is 4.39 Å². The number of rotatable bonds is 2. The normalized spacial score (nSPS) is 10.7. The number of ketones is 1. The molecule has 0 heterocycles. The van der Waals surface area contributed by atoms with Crippen molar-refractivity contribution in [2.75, 3.05) is 5.73 Å². The highest BCUT2D eigenvalue weighted by atomic mass is 19.1. The van der Waals surface area contributed by atoms with Gasteiger partial charge in [-0.2, -0.15) is 0 Å². The van der Waals surface area contributed by atoms with Crippen molar-refractivity contribution in [3.8, 4) is 0 Å². The number of hydrogen-bond donors (Lipinski definition) is 1. The van der Waals surface area contributed by atoms with Gasteiger partial charge in [0.05, 0.1) is 0 Å². The average Bonchev–Trinajstić information content (AvgIpc) is 2.38. The smallest absolute Gasteiger partial charge is 0.193 e. The van der Waals surface area contributed by atoms with Crippen LogP contribution >= 0.6 is 0 Å². The predicted molar refractivity (Wildman–Crippen MR) is 79.6 cm³/mol. The number of carbonyl (C=O) groups excluding carboxylic acids is 1. The van der Waals surface area contributed by atoms with Crippen LogP contribution in [0.25, 0.3) is 0 Å². The fraction of sp³-hybridized carbons (Fsp3) is 0.235. The molecule has 2 rings (SSSR count). The highest BCUT2D eigenvalue weighted by Gasteiger charge is 2.15. The summed E-state index contributed by atoms with van der Waals surface area (Å²) in [6, 6.07) is 6.76. The van der Waals surface area contributed by atoms with Crippen LogP contribution < -0.4 is 5.73 Å². The molecule has 3 heteroatoms. The Balaban J connectivity index is 2.55. The summed E-state index contributed by atoms with van der Waals surface area (Å²) in [5, 5.41) is 0.